The van der Waals surface area contributed by atoms with Crippen molar-refractivity contribution >= 4 is 23.6 Å². The minimum atomic E-state index is -0.721. The van der Waals surface area contributed by atoms with Gasteiger partial charge in [0, 0.05) is 24.7 Å². The summed E-state index contributed by atoms with van der Waals surface area (Å²) in [5, 5.41) is 11.7. The summed E-state index contributed by atoms with van der Waals surface area (Å²) in [5.41, 5.74) is 0.769. The lowest BCUT2D eigenvalue weighted by Crippen LogP contribution is -2.38. The normalized spacial score (nSPS) is 14.5. The van der Waals surface area contributed by atoms with Crippen LogP contribution in [0.4, 0.5) is 0 Å². The fourth-order valence-electron chi connectivity index (χ4n) is 3.27. The Bertz CT molecular complexity index is 1020. The van der Waals surface area contributed by atoms with Gasteiger partial charge in [-0.15, -0.1) is 5.10 Å². The van der Waals surface area contributed by atoms with Crippen LogP contribution >= 0.6 is 0 Å². The highest BCUT2D eigenvalue weighted by atomic mass is 16.5. The standard InChI is InChI=1S/C21H21N5O4/c27-19(25-11-5-2-6-12-25)15-30-21(28)18(14-17-10-7-13-29-17)26-20(22-23-24-26)16-8-3-1-4-9-16/h1,3-4,7-10,13-14H,2,5-6,11-12,15H2/b18-14-. The van der Waals surface area contributed by atoms with E-state index in [0.717, 1.165) is 24.8 Å². The van der Waals surface area contributed by atoms with E-state index in [2.05, 4.69) is 15.5 Å². The van der Waals surface area contributed by atoms with Crippen molar-refractivity contribution in [3.8, 4) is 11.4 Å². The summed E-state index contributed by atoms with van der Waals surface area (Å²) < 4.78 is 11.9. The lowest BCUT2D eigenvalue weighted by Gasteiger charge is -2.26. The Morgan fingerprint density at radius 2 is 1.87 bits per heavy atom. The number of carbonyl (C=O) groups excluding carboxylic acids is 2. The summed E-state index contributed by atoms with van der Waals surface area (Å²) in [7, 11) is 0. The van der Waals surface area contributed by atoms with Gasteiger partial charge in [0.05, 0.1) is 6.26 Å². The molecule has 2 aromatic heterocycles. The molecular formula is C21H21N5O4. The van der Waals surface area contributed by atoms with Crippen LogP contribution in [0.2, 0.25) is 0 Å². The van der Waals surface area contributed by atoms with Crippen LogP contribution in [0.5, 0.6) is 0 Å². The molecule has 0 unspecified atom stereocenters. The van der Waals surface area contributed by atoms with Gasteiger partial charge in [-0.2, -0.15) is 4.68 Å². The Morgan fingerprint density at radius 3 is 2.60 bits per heavy atom. The number of amides is 1. The Kier molecular flexibility index (Phi) is 5.98. The molecule has 1 fully saturated rings. The Morgan fingerprint density at radius 1 is 1.07 bits per heavy atom. The van der Waals surface area contributed by atoms with Crippen molar-refractivity contribution in [1.29, 1.82) is 0 Å². The lowest BCUT2D eigenvalue weighted by atomic mass is 10.1. The first kappa shape index (κ1) is 19.6. The van der Waals surface area contributed by atoms with Gasteiger partial charge in [0.2, 0.25) is 0 Å². The summed E-state index contributed by atoms with van der Waals surface area (Å²) in [6, 6.07) is 12.6. The minimum absolute atomic E-state index is 0.0419. The molecule has 1 aliphatic rings. The third kappa shape index (κ3) is 4.45. The first-order valence-corrected chi connectivity index (χ1v) is 9.76. The number of benzene rings is 1. The predicted octanol–water partition coefficient (Wildman–Crippen LogP) is 2.49. The molecule has 3 aromatic rings. The van der Waals surface area contributed by atoms with Crippen molar-refractivity contribution in [3.05, 3.63) is 54.5 Å². The minimum Gasteiger partial charge on any atom is -0.465 e. The van der Waals surface area contributed by atoms with Crippen molar-refractivity contribution in [3.63, 3.8) is 0 Å². The van der Waals surface area contributed by atoms with Crippen molar-refractivity contribution in [2.75, 3.05) is 19.7 Å². The molecule has 0 saturated carbocycles. The van der Waals surface area contributed by atoms with E-state index in [1.807, 2.05) is 30.3 Å². The van der Waals surface area contributed by atoms with Crippen LogP contribution in [0, 0.1) is 0 Å². The molecule has 154 valence electrons. The van der Waals surface area contributed by atoms with Crippen molar-refractivity contribution in [2.45, 2.75) is 19.3 Å². The molecule has 0 atom stereocenters. The van der Waals surface area contributed by atoms with Gasteiger partial charge in [-0.25, -0.2) is 4.79 Å². The van der Waals surface area contributed by atoms with Gasteiger partial charge in [0.15, 0.2) is 18.1 Å². The monoisotopic (exact) mass is 407 g/mol. The lowest BCUT2D eigenvalue weighted by molar-refractivity contribution is -0.148. The Labute approximate surface area is 172 Å². The molecule has 9 nitrogen and oxygen atoms in total. The van der Waals surface area contributed by atoms with Crippen molar-refractivity contribution in [1.82, 2.24) is 25.1 Å². The van der Waals surface area contributed by atoms with E-state index in [1.54, 1.807) is 17.0 Å². The first-order chi connectivity index (χ1) is 14.7. The fourth-order valence-corrected chi connectivity index (χ4v) is 3.27. The van der Waals surface area contributed by atoms with E-state index in [9.17, 15) is 9.59 Å². The number of tetrazole rings is 1. The van der Waals surface area contributed by atoms with E-state index in [0.29, 0.717) is 24.7 Å². The third-order valence-electron chi connectivity index (χ3n) is 4.80. The molecule has 0 spiro atoms. The highest BCUT2D eigenvalue weighted by Crippen LogP contribution is 2.21. The van der Waals surface area contributed by atoms with Crippen LogP contribution in [-0.2, 0) is 14.3 Å². The zero-order valence-corrected chi connectivity index (χ0v) is 16.3. The summed E-state index contributed by atoms with van der Waals surface area (Å²) in [5.74, 6) is -0.131. The third-order valence-corrected chi connectivity index (χ3v) is 4.80. The van der Waals surface area contributed by atoms with Gasteiger partial charge >= 0.3 is 5.97 Å². The van der Waals surface area contributed by atoms with E-state index in [4.69, 9.17) is 9.15 Å². The number of nitrogens with zero attached hydrogens (tertiary/aromatic N) is 5. The number of rotatable bonds is 6. The second kappa shape index (κ2) is 9.17. The van der Waals surface area contributed by atoms with Crippen LogP contribution in [0.1, 0.15) is 25.0 Å². The second-order valence-corrected chi connectivity index (χ2v) is 6.84. The molecule has 0 radical (unpaired) electrons. The van der Waals surface area contributed by atoms with E-state index in [-0.39, 0.29) is 18.2 Å². The molecule has 0 bridgehead atoms. The predicted molar refractivity (Wildman–Crippen MR) is 108 cm³/mol. The Hall–Kier alpha value is -3.75. The molecule has 0 N–H and O–H groups in total. The van der Waals surface area contributed by atoms with Gasteiger partial charge in [0.1, 0.15) is 5.76 Å². The molecule has 30 heavy (non-hydrogen) atoms. The largest absolute Gasteiger partial charge is 0.465 e. The number of piperidine rings is 1. The molecule has 1 saturated heterocycles. The van der Waals surface area contributed by atoms with Gasteiger partial charge in [-0.3, -0.25) is 4.79 Å². The maximum Gasteiger partial charge on any atom is 0.357 e. The topological polar surface area (TPSA) is 103 Å². The van der Waals surface area contributed by atoms with Gasteiger partial charge in [-0.05, 0) is 41.8 Å². The van der Waals surface area contributed by atoms with Crippen LogP contribution in [0.3, 0.4) is 0 Å². The molecule has 9 heteroatoms. The number of aromatic nitrogens is 4. The number of carbonyl (C=O) groups is 2. The van der Waals surface area contributed by atoms with Gasteiger partial charge in [-0.1, -0.05) is 30.3 Å². The smallest absolute Gasteiger partial charge is 0.357 e. The average Bonchev–Trinajstić information content (AvgIpc) is 3.49. The number of hydrogen-bond donors (Lipinski definition) is 0. The first-order valence-electron chi connectivity index (χ1n) is 9.76. The highest BCUT2D eigenvalue weighted by molar-refractivity contribution is 6.15. The van der Waals surface area contributed by atoms with Gasteiger partial charge < -0.3 is 14.1 Å². The summed E-state index contributed by atoms with van der Waals surface area (Å²) in [6.07, 6.45) is 6.02. The van der Waals surface area contributed by atoms with Crippen molar-refractivity contribution < 1.29 is 18.7 Å². The summed E-state index contributed by atoms with van der Waals surface area (Å²) in [4.78, 5) is 27.0. The van der Waals surface area contributed by atoms with Crippen LogP contribution < -0.4 is 0 Å². The van der Waals surface area contributed by atoms with Crippen LogP contribution in [0.15, 0.2) is 53.1 Å². The maximum atomic E-state index is 12.9. The number of likely N-dealkylation sites (tertiary alicyclic amines) is 1. The number of esters is 1. The maximum absolute atomic E-state index is 12.9. The van der Waals surface area contributed by atoms with Gasteiger partial charge in [0.25, 0.3) is 5.91 Å². The number of ether oxygens (including phenoxy) is 1. The zero-order valence-electron chi connectivity index (χ0n) is 16.3. The highest BCUT2D eigenvalue weighted by Gasteiger charge is 2.23. The zero-order chi connectivity index (χ0) is 20.8. The molecule has 1 amide bonds. The Balaban J connectivity index is 1.58. The molecule has 1 aliphatic heterocycles. The average molecular weight is 407 g/mol. The summed E-state index contributed by atoms with van der Waals surface area (Å²) in [6.45, 7) is 1.05. The number of furan rings is 1. The van der Waals surface area contributed by atoms with E-state index in [1.165, 1.54) is 17.0 Å². The van der Waals surface area contributed by atoms with Crippen LogP contribution in [0.25, 0.3) is 23.2 Å². The molecule has 3 heterocycles. The van der Waals surface area contributed by atoms with E-state index < -0.39 is 5.97 Å². The summed E-state index contributed by atoms with van der Waals surface area (Å²) >= 11 is 0. The quantitative estimate of drug-likeness (QED) is 0.457. The van der Waals surface area contributed by atoms with Crippen LogP contribution in [-0.4, -0.2) is 56.7 Å². The fraction of sp³-hybridized carbons (Fsp3) is 0.286. The molecule has 0 aliphatic carbocycles. The molecular weight excluding hydrogens is 386 g/mol. The molecule has 1 aromatic carbocycles. The SMILES string of the molecule is O=C(OCC(=O)N1CCCCC1)/C(=C/c1ccco1)n1nnnc1-c1ccccc1. The molecule has 4 rings (SSSR count). The second-order valence-electron chi connectivity index (χ2n) is 6.84. The van der Waals surface area contributed by atoms with Crippen molar-refractivity contribution in [2.24, 2.45) is 0 Å². The number of hydrogen-bond acceptors (Lipinski definition) is 7. The van der Waals surface area contributed by atoms with E-state index >= 15 is 0 Å².